The van der Waals surface area contributed by atoms with Crippen molar-refractivity contribution < 1.29 is 8.42 Å². The standard InChI is InChI=1S/C12H16N2O2S/c1-4-9-14(5-2)17(15,16)12-10(3)7-6-8-11(12)13/h1,6-8H,5,9,13H2,2-3H3. The molecule has 0 bridgehead atoms. The second kappa shape index (κ2) is 5.21. The van der Waals surface area contributed by atoms with E-state index in [-0.39, 0.29) is 17.1 Å². The van der Waals surface area contributed by atoms with Gasteiger partial charge in [-0.3, -0.25) is 0 Å². The van der Waals surface area contributed by atoms with Crippen LogP contribution in [0.4, 0.5) is 5.69 Å². The van der Waals surface area contributed by atoms with Crippen LogP contribution in [0.5, 0.6) is 0 Å². The lowest BCUT2D eigenvalue weighted by Gasteiger charge is -2.20. The summed E-state index contributed by atoms with van der Waals surface area (Å²) in [6, 6.07) is 5.01. The lowest BCUT2D eigenvalue weighted by atomic mass is 10.2. The first-order chi connectivity index (χ1) is 7.95. The Kier molecular flexibility index (Phi) is 4.16. The van der Waals surface area contributed by atoms with Crippen molar-refractivity contribution in [2.24, 2.45) is 0 Å². The molecule has 1 rings (SSSR count). The number of terminal acetylenes is 1. The predicted octanol–water partition coefficient (Wildman–Crippen LogP) is 1.22. The van der Waals surface area contributed by atoms with Gasteiger partial charge < -0.3 is 5.73 Å². The molecule has 0 fully saturated rings. The lowest BCUT2D eigenvalue weighted by molar-refractivity contribution is 0.464. The smallest absolute Gasteiger partial charge is 0.246 e. The van der Waals surface area contributed by atoms with E-state index in [1.165, 1.54) is 4.31 Å². The lowest BCUT2D eigenvalue weighted by Crippen LogP contribution is -2.32. The third kappa shape index (κ3) is 2.60. The molecular weight excluding hydrogens is 236 g/mol. The summed E-state index contributed by atoms with van der Waals surface area (Å²) in [7, 11) is -3.61. The van der Waals surface area contributed by atoms with Crippen molar-refractivity contribution in [1.29, 1.82) is 0 Å². The first-order valence-electron chi connectivity index (χ1n) is 5.23. The Morgan fingerprint density at radius 1 is 1.47 bits per heavy atom. The molecule has 0 aliphatic carbocycles. The summed E-state index contributed by atoms with van der Waals surface area (Å²) in [6.45, 7) is 3.82. The Bertz CT molecular complexity index is 524. The number of hydrogen-bond acceptors (Lipinski definition) is 3. The number of rotatable bonds is 4. The maximum absolute atomic E-state index is 12.3. The highest BCUT2D eigenvalue weighted by atomic mass is 32.2. The highest BCUT2D eigenvalue weighted by Crippen LogP contribution is 2.25. The second-order valence-electron chi connectivity index (χ2n) is 3.63. The van der Waals surface area contributed by atoms with Crippen LogP contribution < -0.4 is 5.73 Å². The zero-order valence-electron chi connectivity index (χ0n) is 9.97. The Morgan fingerprint density at radius 2 is 2.12 bits per heavy atom. The highest BCUT2D eigenvalue weighted by molar-refractivity contribution is 7.89. The molecule has 0 saturated carbocycles. The van der Waals surface area contributed by atoms with Gasteiger partial charge in [-0.05, 0) is 18.6 Å². The van der Waals surface area contributed by atoms with Crippen LogP contribution in [0.1, 0.15) is 12.5 Å². The van der Waals surface area contributed by atoms with E-state index in [9.17, 15) is 8.42 Å². The van der Waals surface area contributed by atoms with Gasteiger partial charge in [0.25, 0.3) is 0 Å². The normalized spacial score (nSPS) is 11.4. The number of anilines is 1. The van der Waals surface area contributed by atoms with Crippen LogP contribution in [-0.2, 0) is 10.0 Å². The summed E-state index contributed by atoms with van der Waals surface area (Å²) in [5, 5.41) is 0. The minimum absolute atomic E-state index is 0.0482. The van der Waals surface area contributed by atoms with Gasteiger partial charge in [-0.1, -0.05) is 25.0 Å². The molecule has 1 aromatic carbocycles. The molecule has 0 saturated heterocycles. The van der Waals surface area contributed by atoms with Crippen molar-refractivity contribution >= 4 is 15.7 Å². The van der Waals surface area contributed by atoms with Crippen LogP contribution in [0, 0.1) is 19.3 Å². The highest BCUT2D eigenvalue weighted by Gasteiger charge is 2.26. The maximum atomic E-state index is 12.3. The van der Waals surface area contributed by atoms with Crippen LogP contribution in [0.15, 0.2) is 23.1 Å². The van der Waals surface area contributed by atoms with Crippen molar-refractivity contribution in [3.63, 3.8) is 0 Å². The topological polar surface area (TPSA) is 63.4 Å². The summed E-state index contributed by atoms with van der Waals surface area (Å²) >= 11 is 0. The summed E-state index contributed by atoms with van der Waals surface area (Å²) in [5.74, 6) is 2.34. The monoisotopic (exact) mass is 252 g/mol. The van der Waals surface area contributed by atoms with Gasteiger partial charge in [0.15, 0.2) is 0 Å². The molecule has 5 heteroatoms. The van der Waals surface area contributed by atoms with Crippen molar-refractivity contribution in [3.8, 4) is 12.3 Å². The fourth-order valence-electron chi connectivity index (χ4n) is 1.63. The van der Waals surface area contributed by atoms with Gasteiger partial charge in [0, 0.05) is 6.54 Å². The Balaban J connectivity index is 3.36. The van der Waals surface area contributed by atoms with Gasteiger partial charge in [0.2, 0.25) is 10.0 Å². The van der Waals surface area contributed by atoms with Gasteiger partial charge in [-0.25, -0.2) is 8.42 Å². The Morgan fingerprint density at radius 3 is 2.59 bits per heavy atom. The molecule has 2 N–H and O–H groups in total. The van der Waals surface area contributed by atoms with Crippen LogP contribution in [0.2, 0.25) is 0 Å². The largest absolute Gasteiger partial charge is 0.398 e. The number of nitrogens with two attached hydrogens (primary N) is 1. The molecule has 0 spiro atoms. The van der Waals surface area contributed by atoms with E-state index < -0.39 is 10.0 Å². The van der Waals surface area contributed by atoms with Crippen LogP contribution >= 0.6 is 0 Å². The molecule has 92 valence electrons. The Hall–Kier alpha value is -1.51. The number of aryl methyl sites for hydroxylation is 1. The molecule has 0 aromatic heterocycles. The predicted molar refractivity (Wildman–Crippen MR) is 68.9 cm³/mol. The molecule has 0 radical (unpaired) electrons. The van der Waals surface area contributed by atoms with E-state index >= 15 is 0 Å². The Labute approximate surface area is 102 Å². The number of sulfonamides is 1. The number of nitrogens with zero attached hydrogens (tertiary/aromatic N) is 1. The first kappa shape index (κ1) is 13.6. The molecule has 0 unspecified atom stereocenters. The van der Waals surface area contributed by atoms with Gasteiger partial charge >= 0.3 is 0 Å². The number of hydrogen-bond donors (Lipinski definition) is 1. The van der Waals surface area contributed by atoms with Crippen molar-refractivity contribution in [2.45, 2.75) is 18.7 Å². The minimum atomic E-state index is -3.61. The van der Waals surface area contributed by atoms with Crippen LogP contribution in [0.25, 0.3) is 0 Å². The van der Waals surface area contributed by atoms with E-state index in [2.05, 4.69) is 5.92 Å². The molecule has 0 atom stereocenters. The van der Waals surface area contributed by atoms with Gasteiger partial charge in [-0.2, -0.15) is 4.31 Å². The van der Waals surface area contributed by atoms with Gasteiger partial charge in [0.1, 0.15) is 4.90 Å². The summed E-state index contributed by atoms with van der Waals surface area (Å²) in [6.07, 6.45) is 5.17. The van der Waals surface area contributed by atoms with Gasteiger partial charge in [-0.15, -0.1) is 6.42 Å². The van der Waals surface area contributed by atoms with Crippen LogP contribution in [0.3, 0.4) is 0 Å². The quantitative estimate of drug-likeness (QED) is 0.647. The SMILES string of the molecule is C#CCN(CC)S(=O)(=O)c1c(C)cccc1N. The fraction of sp³-hybridized carbons (Fsp3) is 0.333. The molecule has 0 heterocycles. The van der Waals surface area contributed by atoms with E-state index in [0.717, 1.165) is 0 Å². The van der Waals surface area contributed by atoms with E-state index in [1.54, 1.807) is 32.0 Å². The number of nitrogen functional groups attached to an aromatic ring is 1. The molecular formula is C12H16N2O2S. The average molecular weight is 252 g/mol. The van der Waals surface area contributed by atoms with E-state index in [1.807, 2.05) is 0 Å². The molecule has 4 nitrogen and oxygen atoms in total. The fourth-order valence-corrected chi connectivity index (χ4v) is 3.31. The van der Waals surface area contributed by atoms with E-state index in [0.29, 0.717) is 12.1 Å². The van der Waals surface area contributed by atoms with E-state index in [4.69, 9.17) is 12.2 Å². The molecule has 1 aromatic rings. The number of benzene rings is 1. The van der Waals surface area contributed by atoms with Crippen LogP contribution in [-0.4, -0.2) is 25.8 Å². The van der Waals surface area contributed by atoms with Gasteiger partial charge in [0.05, 0.1) is 12.2 Å². The molecule has 0 aliphatic heterocycles. The zero-order chi connectivity index (χ0) is 13.1. The summed E-state index contributed by atoms with van der Waals surface area (Å²) < 4.78 is 25.9. The third-order valence-electron chi connectivity index (χ3n) is 2.46. The molecule has 0 aliphatic rings. The van der Waals surface area contributed by atoms with Crippen molar-refractivity contribution in [3.05, 3.63) is 23.8 Å². The second-order valence-corrected chi connectivity index (χ2v) is 5.50. The summed E-state index contributed by atoms with van der Waals surface area (Å²) in [4.78, 5) is 0.150. The maximum Gasteiger partial charge on any atom is 0.246 e. The van der Waals surface area contributed by atoms with Crippen molar-refractivity contribution in [2.75, 3.05) is 18.8 Å². The third-order valence-corrected chi connectivity index (χ3v) is 4.60. The average Bonchev–Trinajstić information content (AvgIpc) is 2.24. The molecule has 0 amide bonds. The molecule has 17 heavy (non-hydrogen) atoms. The zero-order valence-corrected chi connectivity index (χ0v) is 10.8. The van der Waals surface area contributed by atoms with Crippen molar-refractivity contribution in [1.82, 2.24) is 4.31 Å². The first-order valence-corrected chi connectivity index (χ1v) is 6.67. The minimum Gasteiger partial charge on any atom is -0.398 e. The summed E-state index contributed by atoms with van der Waals surface area (Å²) in [5.41, 5.74) is 6.61.